The minimum atomic E-state index is 0.0782. The lowest BCUT2D eigenvalue weighted by Crippen LogP contribution is -2.03. The number of hydrogen-bond acceptors (Lipinski definition) is 3. The minimum Gasteiger partial charge on any atom is -0.481 e. The molecule has 100 valence electrons. The average Bonchev–Trinajstić information content (AvgIpc) is 2.92. The van der Waals surface area contributed by atoms with Crippen LogP contribution in [0.1, 0.15) is 15.9 Å². The van der Waals surface area contributed by atoms with E-state index in [4.69, 9.17) is 4.74 Å². The highest BCUT2D eigenvalue weighted by Crippen LogP contribution is 2.19. The second-order valence-corrected chi connectivity index (χ2v) is 4.56. The van der Waals surface area contributed by atoms with Crippen molar-refractivity contribution in [1.82, 2.24) is 9.97 Å². The van der Waals surface area contributed by atoms with Crippen LogP contribution in [0.3, 0.4) is 0 Å². The van der Waals surface area contributed by atoms with Gasteiger partial charge in [0.2, 0.25) is 5.88 Å². The third-order valence-electron chi connectivity index (χ3n) is 3.26. The number of nitrogens with zero attached hydrogens (tertiary/aromatic N) is 1. The summed E-state index contributed by atoms with van der Waals surface area (Å²) in [5, 5.41) is 0.957. The fraction of sp³-hybridized carbons (Fsp3) is 0.125. The number of aromatic nitrogens is 2. The highest BCUT2D eigenvalue weighted by molar-refractivity contribution is 6.08. The van der Waals surface area contributed by atoms with Gasteiger partial charge in [0.25, 0.3) is 0 Å². The number of hydrogen-bond donors (Lipinski definition) is 1. The van der Waals surface area contributed by atoms with Gasteiger partial charge in [0.05, 0.1) is 7.11 Å². The second-order valence-electron chi connectivity index (χ2n) is 4.56. The SMILES string of the molecule is COc1ccc(CC(=O)c2c[nH]c3ccccc23)cn1. The monoisotopic (exact) mass is 266 g/mol. The lowest BCUT2D eigenvalue weighted by molar-refractivity contribution is 0.0994. The maximum absolute atomic E-state index is 12.4. The van der Waals surface area contributed by atoms with Crippen molar-refractivity contribution in [3.63, 3.8) is 0 Å². The Morgan fingerprint density at radius 3 is 2.85 bits per heavy atom. The number of ketones is 1. The fourth-order valence-corrected chi connectivity index (χ4v) is 2.22. The van der Waals surface area contributed by atoms with Crippen molar-refractivity contribution in [2.45, 2.75) is 6.42 Å². The van der Waals surface area contributed by atoms with Crippen molar-refractivity contribution in [1.29, 1.82) is 0 Å². The Kier molecular flexibility index (Phi) is 3.21. The number of rotatable bonds is 4. The summed E-state index contributed by atoms with van der Waals surface area (Å²) < 4.78 is 5.00. The number of nitrogens with one attached hydrogen (secondary N) is 1. The maximum atomic E-state index is 12.4. The molecule has 0 bridgehead atoms. The molecule has 0 unspecified atom stereocenters. The summed E-state index contributed by atoms with van der Waals surface area (Å²) in [5.41, 5.74) is 2.57. The van der Waals surface area contributed by atoms with Crippen LogP contribution in [0.2, 0.25) is 0 Å². The quantitative estimate of drug-likeness (QED) is 0.738. The zero-order valence-corrected chi connectivity index (χ0v) is 11.1. The Hall–Kier alpha value is -2.62. The van der Waals surface area contributed by atoms with Crippen LogP contribution < -0.4 is 4.74 Å². The number of H-pyrrole nitrogens is 1. The zero-order chi connectivity index (χ0) is 13.9. The molecule has 0 aliphatic rings. The molecular formula is C16H14N2O2. The van der Waals surface area contributed by atoms with Crippen molar-refractivity contribution in [2.24, 2.45) is 0 Å². The van der Waals surface area contributed by atoms with Crippen LogP contribution in [0.5, 0.6) is 5.88 Å². The predicted octanol–water partition coefficient (Wildman–Crippen LogP) is 3.00. The number of methoxy groups -OCH3 is 1. The van der Waals surface area contributed by atoms with Crippen LogP contribution in [-0.4, -0.2) is 22.9 Å². The first-order valence-electron chi connectivity index (χ1n) is 6.36. The van der Waals surface area contributed by atoms with E-state index in [1.807, 2.05) is 30.3 Å². The van der Waals surface area contributed by atoms with Crippen LogP contribution in [0.15, 0.2) is 48.8 Å². The number of carbonyl (C=O) groups is 1. The molecule has 1 N–H and O–H groups in total. The molecule has 3 rings (SSSR count). The molecule has 4 heteroatoms. The number of fused-ring (bicyclic) bond motifs is 1. The van der Waals surface area contributed by atoms with E-state index in [1.54, 1.807) is 25.6 Å². The number of Topliss-reactive ketones (excluding diaryl/α,β-unsaturated/α-hetero) is 1. The number of aromatic amines is 1. The van der Waals surface area contributed by atoms with Gasteiger partial charge < -0.3 is 9.72 Å². The Bertz CT molecular complexity index is 745. The van der Waals surface area contributed by atoms with Crippen molar-refractivity contribution >= 4 is 16.7 Å². The van der Waals surface area contributed by atoms with Crippen molar-refractivity contribution in [2.75, 3.05) is 7.11 Å². The standard InChI is InChI=1S/C16H14N2O2/c1-20-16-7-6-11(9-18-16)8-15(19)13-10-17-14-5-3-2-4-12(13)14/h2-7,9-10,17H,8H2,1H3. The number of ether oxygens (including phenoxy) is 1. The van der Waals surface area contributed by atoms with Gasteiger partial charge in [-0.05, 0) is 11.6 Å². The Morgan fingerprint density at radius 2 is 2.10 bits per heavy atom. The first kappa shape index (κ1) is 12.4. The van der Waals surface area contributed by atoms with Crippen molar-refractivity contribution in [3.05, 3.63) is 59.9 Å². The van der Waals surface area contributed by atoms with E-state index in [1.165, 1.54) is 0 Å². The van der Waals surface area contributed by atoms with Gasteiger partial charge in [-0.15, -0.1) is 0 Å². The summed E-state index contributed by atoms with van der Waals surface area (Å²) >= 11 is 0. The predicted molar refractivity (Wildman–Crippen MR) is 77.1 cm³/mol. The number of benzene rings is 1. The Balaban J connectivity index is 1.85. The van der Waals surface area contributed by atoms with Crippen molar-refractivity contribution in [3.8, 4) is 5.88 Å². The lowest BCUT2D eigenvalue weighted by Gasteiger charge is -2.02. The molecule has 0 fully saturated rings. The molecule has 2 heterocycles. The van der Waals surface area contributed by atoms with Gasteiger partial charge in [0, 0.05) is 41.3 Å². The fourth-order valence-electron chi connectivity index (χ4n) is 2.22. The third kappa shape index (κ3) is 2.28. The van der Waals surface area contributed by atoms with Crippen molar-refractivity contribution < 1.29 is 9.53 Å². The summed E-state index contributed by atoms with van der Waals surface area (Å²) in [5.74, 6) is 0.628. The number of para-hydroxylation sites is 1. The molecule has 0 radical (unpaired) electrons. The van der Waals surface area contributed by atoms with E-state index in [0.29, 0.717) is 12.3 Å². The lowest BCUT2D eigenvalue weighted by atomic mass is 10.0. The van der Waals surface area contributed by atoms with Crippen LogP contribution in [0.4, 0.5) is 0 Å². The minimum absolute atomic E-state index is 0.0782. The molecule has 20 heavy (non-hydrogen) atoms. The molecule has 0 spiro atoms. The smallest absolute Gasteiger partial charge is 0.212 e. The molecule has 0 amide bonds. The summed E-state index contributed by atoms with van der Waals surface area (Å²) in [7, 11) is 1.57. The Morgan fingerprint density at radius 1 is 1.25 bits per heavy atom. The highest BCUT2D eigenvalue weighted by atomic mass is 16.5. The Labute approximate surface area is 116 Å². The zero-order valence-electron chi connectivity index (χ0n) is 11.1. The molecule has 4 nitrogen and oxygen atoms in total. The third-order valence-corrected chi connectivity index (χ3v) is 3.26. The van der Waals surface area contributed by atoms with Gasteiger partial charge in [-0.3, -0.25) is 4.79 Å². The number of pyridine rings is 1. The van der Waals surface area contributed by atoms with E-state index < -0.39 is 0 Å². The molecule has 0 aliphatic carbocycles. The first-order valence-corrected chi connectivity index (χ1v) is 6.36. The topological polar surface area (TPSA) is 55.0 Å². The average molecular weight is 266 g/mol. The van der Waals surface area contributed by atoms with Gasteiger partial charge in [-0.2, -0.15) is 0 Å². The highest BCUT2D eigenvalue weighted by Gasteiger charge is 2.12. The molecule has 3 aromatic rings. The number of carbonyl (C=O) groups excluding carboxylic acids is 1. The van der Waals surface area contributed by atoms with Crippen LogP contribution in [0.25, 0.3) is 10.9 Å². The molecular weight excluding hydrogens is 252 g/mol. The molecule has 1 aromatic carbocycles. The van der Waals surface area contributed by atoms with E-state index in [2.05, 4.69) is 9.97 Å². The second kappa shape index (κ2) is 5.17. The maximum Gasteiger partial charge on any atom is 0.212 e. The van der Waals surface area contributed by atoms with Gasteiger partial charge in [-0.25, -0.2) is 4.98 Å². The van der Waals surface area contributed by atoms with Gasteiger partial charge in [-0.1, -0.05) is 24.3 Å². The van der Waals surface area contributed by atoms with Crippen LogP contribution in [-0.2, 0) is 6.42 Å². The van der Waals surface area contributed by atoms with Crippen LogP contribution >= 0.6 is 0 Å². The summed E-state index contributed by atoms with van der Waals surface area (Å²) in [6.07, 6.45) is 3.77. The molecule has 0 atom stereocenters. The summed E-state index contributed by atoms with van der Waals surface area (Å²) in [6, 6.07) is 11.4. The van der Waals surface area contributed by atoms with E-state index in [9.17, 15) is 4.79 Å². The summed E-state index contributed by atoms with van der Waals surface area (Å²) in [4.78, 5) is 19.6. The first-order chi connectivity index (χ1) is 9.78. The molecule has 0 aliphatic heterocycles. The van der Waals surface area contributed by atoms with E-state index >= 15 is 0 Å². The summed E-state index contributed by atoms with van der Waals surface area (Å²) in [6.45, 7) is 0. The normalized spacial score (nSPS) is 10.7. The van der Waals surface area contributed by atoms with Crippen LogP contribution in [0, 0.1) is 0 Å². The van der Waals surface area contributed by atoms with E-state index in [0.717, 1.165) is 22.0 Å². The molecule has 0 saturated carbocycles. The van der Waals surface area contributed by atoms with Gasteiger partial charge >= 0.3 is 0 Å². The van der Waals surface area contributed by atoms with Gasteiger partial charge in [0.15, 0.2) is 5.78 Å². The molecule has 0 saturated heterocycles. The van der Waals surface area contributed by atoms with E-state index in [-0.39, 0.29) is 5.78 Å². The molecule has 2 aromatic heterocycles. The largest absolute Gasteiger partial charge is 0.481 e. The van der Waals surface area contributed by atoms with Gasteiger partial charge in [0.1, 0.15) is 0 Å².